The lowest BCUT2D eigenvalue weighted by molar-refractivity contribution is 0.400. The predicted molar refractivity (Wildman–Crippen MR) is 41.3 cm³/mol. The van der Waals surface area contributed by atoms with E-state index in [1.807, 2.05) is 0 Å². The highest BCUT2D eigenvalue weighted by Gasteiger charge is 1.78. The van der Waals surface area contributed by atoms with Crippen molar-refractivity contribution in [3.05, 3.63) is 37.2 Å². The third kappa shape index (κ3) is 771. The summed E-state index contributed by atoms with van der Waals surface area (Å²) in [6.45, 7) is 5.35. The maximum atomic E-state index is 10.2. The molecule has 0 spiro atoms. The Labute approximate surface area is 76.4 Å². The maximum Gasteiger partial charge on any atom is 0.298 e. The fraction of sp³-hybridized carbons (Fsp3) is 0. The van der Waals surface area contributed by atoms with Crippen LogP contribution >= 0.6 is 11.6 Å². The molecule has 0 radical (unpaired) electrons. The monoisotopic (exact) mass is 228 g/mol. The highest BCUT2D eigenvalue weighted by molar-refractivity contribution is 6.25. The Morgan fingerprint density at radius 2 is 1.23 bits per heavy atom. The first kappa shape index (κ1) is 22.7. The summed E-state index contributed by atoms with van der Waals surface area (Å²) in [5, 5.41) is 0. The molecular weight excluding hydrogens is 222 g/mol. The average Bonchev–Trinajstić information content (AvgIpc) is 1.88. The van der Waals surface area contributed by atoms with Crippen LogP contribution < -0.4 is 0 Å². The molecule has 0 N–H and O–H groups in total. The Morgan fingerprint density at radius 3 is 1.23 bits per heavy atom. The smallest absolute Gasteiger partial charge is 0.269 e. The molecule has 0 bridgehead atoms. The molecule has 0 nitrogen and oxygen atoms in total. The van der Waals surface area contributed by atoms with E-state index in [2.05, 4.69) is 13.2 Å². The van der Waals surface area contributed by atoms with Crippen LogP contribution in [0.4, 0.5) is 26.7 Å². The zero-order valence-electron chi connectivity index (χ0n) is 6.24. The Balaban J connectivity index is -0.0000000465. The van der Waals surface area contributed by atoms with Crippen molar-refractivity contribution in [3.8, 4) is 0 Å². The molecule has 80 valence electrons. The first-order chi connectivity index (χ1) is 5.42. The van der Waals surface area contributed by atoms with Gasteiger partial charge in [0.25, 0.3) is 12.2 Å². The van der Waals surface area contributed by atoms with Crippen LogP contribution in [0.25, 0.3) is 0 Å². The van der Waals surface area contributed by atoms with Gasteiger partial charge in [-0.15, -0.1) is 0 Å². The van der Waals surface area contributed by atoms with Gasteiger partial charge in [-0.05, 0) is 12.1 Å². The van der Waals surface area contributed by atoms with E-state index in [1.54, 1.807) is 0 Å². The normalized spacial score (nSPS) is 5.69. The van der Waals surface area contributed by atoms with Crippen LogP contribution in [0.1, 0.15) is 0 Å². The third-order valence-corrected chi connectivity index (χ3v) is 0.0825. The Morgan fingerprint density at radius 1 is 1.15 bits per heavy atom. The molecule has 13 heavy (non-hydrogen) atoms. The van der Waals surface area contributed by atoms with E-state index in [-0.39, 0.29) is 4.70 Å². The summed E-state index contributed by atoms with van der Waals surface area (Å²) in [5.41, 5.74) is 1.22. The van der Waals surface area contributed by atoms with Gasteiger partial charge in [-0.25, -0.2) is 4.39 Å². The largest absolute Gasteiger partial charge is 0.298 e. The van der Waals surface area contributed by atoms with Gasteiger partial charge in [0.05, 0.1) is 0 Å². The van der Waals surface area contributed by atoms with Gasteiger partial charge in [0.15, 0.2) is 6.33 Å². The molecule has 0 amide bonds. The molecule has 0 saturated carbocycles. The highest BCUT2D eigenvalue weighted by Crippen LogP contribution is 1.93. The van der Waals surface area contributed by atoms with Crippen LogP contribution in [-0.2, 0) is 0 Å². The zero-order valence-corrected chi connectivity index (χ0v) is 7.00. The van der Waals surface area contributed by atoms with E-state index in [0.717, 1.165) is 0 Å². The molecule has 0 rings (SSSR count). The molecule has 0 atom stereocenters. The Bertz CT molecular complexity index is 136. The molecule has 0 aromatic carbocycles. The molecule has 0 aliphatic heterocycles. The minimum Gasteiger partial charge on any atom is -0.269 e. The van der Waals surface area contributed by atoms with Crippen molar-refractivity contribution >= 4 is 11.6 Å². The van der Waals surface area contributed by atoms with Crippen molar-refractivity contribution in [2.75, 3.05) is 0 Å². The van der Waals surface area contributed by atoms with Crippen LogP contribution in [0.15, 0.2) is 37.2 Å². The van der Waals surface area contributed by atoms with Gasteiger partial charge in [-0.1, -0.05) is 18.2 Å². The first-order valence-corrected chi connectivity index (χ1v) is 2.68. The van der Waals surface area contributed by atoms with Gasteiger partial charge in [0.2, 0.25) is 0 Å². The van der Waals surface area contributed by atoms with Crippen LogP contribution in [0, 0.1) is 0 Å². The molecule has 0 aromatic rings. The summed E-state index contributed by atoms with van der Waals surface area (Å²) in [7, 11) is 0. The highest BCUT2D eigenvalue weighted by atomic mass is 35.5. The summed E-state index contributed by atoms with van der Waals surface area (Å²) < 4.78 is 51.0. The summed E-state index contributed by atoms with van der Waals surface area (Å²) in [6.07, 6.45) is -4.87. The number of halogens is 7. The summed E-state index contributed by atoms with van der Waals surface area (Å²) in [4.78, 5) is 0. The second-order valence-electron chi connectivity index (χ2n) is 0.892. The third-order valence-electron chi connectivity index (χ3n) is 0.0825. The van der Waals surface area contributed by atoms with E-state index < -0.39 is 18.5 Å². The van der Waals surface area contributed by atoms with E-state index in [4.69, 9.17) is 11.6 Å². The molecule has 7 heteroatoms. The van der Waals surface area contributed by atoms with Gasteiger partial charge in [0.1, 0.15) is 0 Å². The zero-order chi connectivity index (χ0) is 10.6. The fourth-order valence-electron chi connectivity index (χ4n) is 0. The molecule has 0 aliphatic carbocycles. The van der Waals surface area contributed by atoms with Gasteiger partial charge >= 0.3 is 0 Å². The number of rotatable bonds is 0. The molecular formula is C6H7ClF6. The van der Waals surface area contributed by atoms with E-state index in [0.29, 0.717) is 0 Å². The summed E-state index contributed by atoms with van der Waals surface area (Å²) in [5.74, 6) is 0. The molecule has 0 heterocycles. The lowest BCUT2D eigenvalue weighted by Crippen LogP contribution is -1.42. The van der Waals surface area contributed by atoms with Crippen LogP contribution in [0.5, 0.6) is 0 Å². The SMILES string of the molecule is C=C(F)F.C=CCl.F.FC=C(F)F. The summed E-state index contributed by atoms with van der Waals surface area (Å²) in [6, 6.07) is 0. The minimum atomic E-state index is -2.29. The van der Waals surface area contributed by atoms with Crippen LogP contribution in [-0.4, -0.2) is 0 Å². The second-order valence-corrected chi connectivity index (χ2v) is 1.20. The second kappa shape index (κ2) is 22.5. The minimum absolute atomic E-state index is 0. The fourth-order valence-corrected chi connectivity index (χ4v) is 0. The van der Waals surface area contributed by atoms with Gasteiger partial charge in [0, 0.05) is 0 Å². The van der Waals surface area contributed by atoms with Gasteiger partial charge < -0.3 is 0 Å². The Kier molecular flexibility index (Phi) is 39.3. The summed E-state index contributed by atoms with van der Waals surface area (Å²) >= 11 is 4.76. The van der Waals surface area contributed by atoms with Crippen molar-refractivity contribution in [3.63, 3.8) is 0 Å². The molecule has 0 fully saturated rings. The van der Waals surface area contributed by atoms with Gasteiger partial charge in [-0.3, -0.25) is 4.70 Å². The van der Waals surface area contributed by atoms with Crippen LogP contribution in [0.3, 0.4) is 0 Å². The van der Waals surface area contributed by atoms with Crippen molar-refractivity contribution in [1.29, 1.82) is 0 Å². The predicted octanol–water partition coefficient (Wildman–Crippen LogP) is 4.61. The lowest BCUT2D eigenvalue weighted by Gasteiger charge is -1.59. The first-order valence-electron chi connectivity index (χ1n) is 2.24. The average molecular weight is 229 g/mol. The maximum absolute atomic E-state index is 10.2. The van der Waals surface area contributed by atoms with Crippen molar-refractivity contribution < 1.29 is 26.7 Å². The lowest BCUT2D eigenvalue weighted by atomic mass is 11.1. The van der Waals surface area contributed by atoms with Crippen LogP contribution in [0.2, 0.25) is 0 Å². The van der Waals surface area contributed by atoms with Crippen molar-refractivity contribution in [1.82, 2.24) is 0 Å². The van der Waals surface area contributed by atoms with Crippen molar-refractivity contribution in [2.24, 2.45) is 0 Å². The van der Waals surface area contributed by atoms with Gasteiger partial charge in [-0.2, -0.15) is 17.6 Å². The Hall–Kier alpha value is -0.910. The molecule has 0 aliphatic rings. The standard InChI is InChI=1S/C2H3Cl.C2HF3.C2H2F2.FH/c1-2-3;3-1-2(4)5;1-2(3)4;/h2H,1H2;1H;1H2;1H. The molecule has 0 saturated heterocycles. The van der Waals surface area contributed by atoms with E-state index >= 15 is 0 Å². The van der Waals surface area contributed by atoms with E-state index in [1.165, 1.54) is 5.54 Å². The topological polar surface area (TPSA) is 0 Å². The van der Waals surface area contributed by atoms with Crippen molar-refractivity contribution in [2.45, 2.75) is 0 Å². The molecule has 0 aromatic heterocycles. The number of hydrogen-bond donors (Lipinski definition) is 0. The quantitative estimate of drug-likeness (QED) is 0.531. The van der Waals surface area contributed by atoms with E-state index in [9.17, 15) is 22.0 Å². The number of hydrogen-bond acceptors (Lipinski definition) is 0. The molecule has 0 unspecified atom stereocenters.